The van der Waals surface area contributed by atoms with E-state index in [0.29, 0.717) is 11.7 Å². The average Bonchev–Trinajstić information content (AvgIpc) is 2.88. The van der Waals surface area contributed by atoms with E-state index in [1.807, 2.05) is 49.8 Å². The van der Waals surface area contributed by atoms with Crippen LogP contribution in [0.1, 0.15) is 5.56 Å². The van der Waals surface area contributed by atoms with E-state index in [1.165, 1.54) is 5.56 Å². The minimum absolute atomic E-state index is 0.481. The van der Waals surface area contributed by atoms with Crippen LogP contribution in [0.5, 0.6) is 0 Å². The molecule has 0 radical (unpaired) electrons. The fourth-order valence-corrected chi connectivity index (χ4v) is 3.53. The first-order valence-electron chi connectivity index (χ1n) is 6.33. The number of anilines is 1. The maximum absolute atomic E-state index is 9.48. The van der Waals surface area contributed by atoms with Gasteiger partial charge in [0.1, 0.15) is 0 Å². The van der Waals surface area contributed by atoms with Crippen LogP contribution in [-0.4, -0.2) is 30.7 Å². The summed E-state index contributed by atoms with van der Waals surface area (Å²) in [5, 5.41) is 13.0. The summed E-state index contributed by atoms with van der Waals surface area (Å²) in [6.45, 7) is 2.03. The molecular weight excluding hydrogens is 304 g/mol. The van der Waals surface area contributed by atoms with Crippen LogP contribution in [0.2, 0.25) is 0 Å². The summed E-state index contributed by atoms with van der Waals surface area (Å²) >= 11 is 3.24. The van der Waals surface area contributed by atoms with Crippen LogP contribution in [0.25, 0.3) is 0 Å². The molecule has 0 spiro atoms. The van der Waals surface area contributed by atoms with E-state index in [4.69, 9.17) is 4.74 Å². The Kier molecular flexibility index (Phi) is 5.25. The Morgan fingerprint density at radius 1 is 1.19 bits per heavy atom. The van der Waals surface area contributed by atoms with Crippen molar-refractivity contribution in [3.8, 4) is 0 Å². The lowest BCUT2D eigenvalue weighted by atomic mass is 10.2. The van der Waals surface area contributed by atoms with Crippen molar-refractivity contribution in [3.63, 3.8) is 0 Å². The molecule has 4 nitrogen and oxygen atoms in total. The van der Waals surface area contributed by atoms with Crippen LogP contribution in [0.15, 0.2) is 51.2 Å². The lowest BCUT2D eigenvalue weighted by Crippen LogP contribution is -2.27. The van der Waals surface area contributed by atoms with Gasteiger partial charge in [-0.25, -0.2) is 0 Å². The van der Waals surface area contributed by atoms with E-state index < -0.39 is 0 Å². The maximum atomic E-state index is 9.48. The molecule has 1 aromatic carbocycles. The monoisotopic (exact) mass is 322 g/mol. The summed E-state index contributed by atoms with van der Waals surface area (Å²) < 4.78 is 6.53. The highest BCUT2D eigenvalue weighted by Gasteiger charge is 2.31. The molecule has 1 aromatic rings. The molecule has 1 heterocycles. The summed E-state index contributed by atoms with van der Waals surface area (Å²) in [5.74, 6) is 1.12. The average molecular weight is 322 g/mol. The number of thioether (sulfide) groups is 2. The van der Waals surface area contributed by atoms with Crippen LogP contribution in [-0.2, 0) is 4.74 Å². The molecule has 0 saturated heterocycles. The number of aryl methyl sites for hydroxylation is 1. The standard InChI is InChI=1S/C15H18N2O2S2/c1-10-5-7-11(8-6-10)17-13(19-2)9-12(14(17)16-18)15(20-3)21-4/h5-9,18H,1-4H3/b16-14-. The third-order valence-corrected chi connectivity index (χ3v) is 5.31. The van der Waals surface area contributed by atoms with Gasteiger partial charge in [-0.15, -0.1) is 23.5 Å². The van der Waals surface area contributed by atoms with Crippen molar-refractivity contribution < 1.29 is 9.94 Å². The van der Waals surface area contributed by atoms with Crippen molar-refractivity contribution in [2.24, 2.45) is 5.16 Å². The molecule has 0 bridgehead atoms. The smallest absolute Gasteiger partial charge is 0.200 e. The second-order valence-corrected chi connectivity index (χ2v) is 6.28. The molecule has 0 amide bonds. The van der Waals surface area contributed by atoms with Crippen molar-refractivity contribution in [1.29, 1.82) is 0 Å². The summed E-state index contributed by atoms with van der Waals surface area (Å²) in [4.78, 5) is 1.81. The minimum Gasteiger partial charge on any atom is -0.482 e. The van der Waals surface area contributed by atoms with Crippen LogP contribution >= 0.6 is 23.5 Å². The van der Waals surface area contributed by atoms with Gasteiger partial charge in [-0.1, -0.05) is 22.9 Å². The summed E-state index contributed by atoms with van der Waals surface area (Å²) in [6, 6.07) is 8.00. The summed E-state index contributed by atoms with van der Waals surface area (Å²) in [5.41, 5.74) is 2.95. The quantitative estimate of drug-likeness (QED) is 0.670. The molecule has 1 aliphatic rings. The number of ether oxygens (including phenoxy) is 1. The number of benzene rings is 1. The van der Waals surface area contributed by atoms with Crippen LogP contribution < -0.4 is 4.90 Å². The zero-order chi connectivity index (χ0) is 15.4. The number of methoxy groups -OCH3 is 1. The fourth-order valence-electron chi connectivity index (χ4n) is 2.12. The molecule has 21 heavy (non-hydrogen) atoms. The van der Waals surface area contributed by atoms with Crippen LogP contribution in [0.4, 0.5) is 5.69 Å². The van der Waals surface area contributed by atoms with Gasteiger partial charge >= 0.3 is 0 Å². The van der Waals surface area contributed by atoms with Crippen molar-refractivity contribution >= 4 is 35.0 Å². The summed E-state index contributed by atoms with van der Waals surface area (Å²) in [7, 11) is 1.61. The second-order valence-electron chi connectivity index (χ2n) is 4.39. The Morgan fingerprint density at radius 2 is 1.81 bits per heavy atom. The highest BCUT2D eigenvalue weighted by Crippen LogP contribution is 2.37. The number of nitrogens with zero attached hydrogens (tertiary/aromatic N) is 2. The minimum atomic E-state index is 0.481. The van der Waals surface area contributed by atoms with Gasteiger partial charge in [0.25, 0.3) is 0 Å². The van der Waals surface area contributed by atoms with E-state index in [0.717, 1.165) is 15.5 Å². The second kappa shape index (κ2) is 6.95. The Hall–Kier alpha value is -1.53. The Morgan fingerprint density at radius 3 is 2.29 bits per heavy atom. The SMILES string of the molecule is COC1=CC(=C(SC)SC)/C(=N/O)N1c1ccc(C)cc1. The Bertz CT molecular complexity index is 601. The normalized spacial score (nSPS) is 16.4. The van der Waals surface area contributed by atoms with E-state index in [1.54, 1.807) is 35.5 Å². The van der Waals surface area contributed by atoms with Crippen molar-refractivity contribution in [2.45, 2.75) is 6.92 Å². The first-order valence-corrected chi connectivity index (χ1v) is 8.78. The number of hydrogen-bond acceptors (Lipinski definition) is 5. The van der Waals surface area contributed by atoms with Gasteiger partial charge in [0.05, 0.1) is 17.0 Å². The molecule has 2 rings (SSSR count). The molecule has 0 atom stereocenters. The van der Waals surface area contributed by atoms with Crippen molar-refractivity contribution in [2.75, 3.05) is 24.5 Å². The zero-order valence-electron chi connectivity index (χ0n) is 12.5. The van der Waals surface area contributed by atoms with Gasteiger partial charge in [0.15, 0.2) is 11.7 Å². The third-order valence-electron chi connectivity index (χ3n) is 3.13. The lowest BCUT2D eigenvalue weighted by molar-refractivity contribution is 0.287. The van der Waals surface area contributed by atoms with Gasteiger partial charge < -0.3 is 9.94 Å². The van der Waals surface area contributed by atoms with E-state index in [-0.39, 0.29) is 0 Å². The Balaban J connectivity index is 2.54. The topological polar surface area (TPSA) is 45.1 Å². The van der Waals surface area contributed by atoms with E-state index >= 15 is 0 Å². The van der Waals surface area contributed by atoms with Crippen LogP contribution in [0.3, 0.4) is 0 Å². The lowest BCUT2D eigenvalue weighted by Gasteiger charge is -2.21. The van der Waals surface area contributed by atoms with Crippen molar-refractivity contribution in [1.82, 2.24) is 0 Å². The molecule has 0 fully saturated rings. The van der Waals surface area contributed by atoms with Gasteiger partial charge in [-0.2, -0.15) is 0 Å². The molecular formula is C15H18N2O2S2. The highest BCUT2D eigenvalue weighted by atomic mass is 32.2. The third kappa shape index (κ3) is 3.06. The summed E-state index contributed by atoms with van der Waals surface area (Å²) in [6.07, 6.45) is 5.91. The van der Waals surface area contributed by atoms with Crippen molar-refractivity contribution in [3.05, 3.63) is 51.6 Å². The van der Waals surface area contributed by atoms with Crippen LogP contribution in [0, 0.1) is 6.92 Å². The fraction of sp³-hybridized carbons (Fsp3) is 0.267. The largest absolute Gasteiger partial charge is 0.482 e. The molecule has 1 aliphatic heterocycles. The molecule has 6 heteroatoms. The Labute approximate surface area is 133 Å². The first-order chi connectivity index (χ1) is 10.2. The molecule has 0 unspecified atom stereocenters. The van der Waals surface area contributed by atoms with E-state index in [2.05, 4.69) is 5.16 Å². The predicted molar refractivity (Wildman–Crippen MR) is 92.0 cm³/mol. The maximum Gasteiger partial charge on any atom is 0.200 e. The van der Waals surface area contributed by atoms with E-state index in [9.17, 15) is 5.21 Å². The number of amidine groups is 1. The molecule has 0 saturated carbocycles. The molecule has 112 valence electrons. The predicted octanol–water partition coefficient (Wildman–Crippen LogP) is 4.03. The molecule has 0 aliphatic carbocycles. The highest BCUT2D eigenvalue weighted by molar-refractivity contribution is 8.21. The van der Waals surface area contributed by atoms with Gasteiger partial charge in [-0.3, -0.25) is 4.90 Å². The molecule has 1 N–H and O–H groups in total. The zero-order valence-corrected chi connectivity index (χ0v) is 14.1. The number of oxime groups is 1. The molecule has 0 aromatic heterocycles. The van der Waals surface area contributed by atoms with Gasteiger partial charge in [0.2, 0.25) is 0 Å². The van der Waals surface area contributed by atoms with Gasteiger partial charge in [-0.05, 0) is 31.6 Å². The first kappa shape index (κ1) is 15.9. The van der Waals surface area contributed by atoms with Gasteiger partial charge in [0, 0.05) is 11.6 Å². The number of hydrogen-bond donors (Lipinski definition) is 1. The number of rotatable bonds is 4.